The van der Waals surface area contributed by atoms with Crippen molar-refractivity contribution in [2.75, 3.05) is 19.5 Å². The number of rotatable bonds is 5. The first-order valence-electron chi connectivity index (χ1n) is 5.91. The lowest BCUT2D eigenvalue weighted by molar-refractivity contribution is 0.0328. The minimum atomic E-state index is 0.362. The van der Waals surface area contributed by atoms with Crippen LogP contribution < -0.4 is 15.8 Å². The molecule has 2 rings (SSSR count). The Labute approximate surface area is 112 Å². The number of hydrogen-bond donors (Lipinski definition) is 2. The van der Waals surface area contributed by atoms with Crippen molar-refractivity contribution in [2.24, 2.45) is 5.73 Å². The topological polar surface area (TPSA) is 56.5 Å². The molecule has 1 aromatic rings. The second-order valence-corrected chi connectivity index (χ2v) is 4.89. The van der Waals surface area contributed by atoms with Gasteiger partial charge in [-0.1, -0.05) is 12.2 Å². The first kappa shape index (κ1) is 13.1. The van der Waals surface area contributed by atoms with E-state index in [9.17, 15) is 0 Å². The van der Waals surface area contributed by atoms with Crippen LogP contribution in [0.5, 0.6) is 5.75 Å². The van der Waals surface area contributed by atoms with E-state index in [0.29, 0.717) is 17.1 Å². The van der Waals surface area contributed by atoms with Crippen LogP contribution in [0.25, 0.3) is 0 Å². The van der Waals surface area contributed by atoms with E-state index >= 15 is 0 Å². The molecule has 1 aliphatic carbocycles. The molecule has 0 aromatic heterocycles. The quantitative estimate of drug-likeness (QED) is 0.797. The molecule has 0 radical (unpaired) electrons. The van der Waals surface area contributed by atoms with Crippen LogP contribution in [0.3, 0.4) is 0 Å². The van der Waals surface area contributed by atoms with E-state index < -0.39 is 0 Å². The molecule has 0 amide bonds. The normalized spacial score (nSPS) is 22.1. The summed E-state index contributed by atoms with van der Waals surface area (Å²) in [6.07, 6.45) is 2.37. The highest BCUT2D eigenvalue weighted by Gasteiger charge is 2.29. The van der Waals surface area contributed by atoms with Gasteiger partial charge in [-0.25, -0.2) is 0 Å². The van der Waals surface area contributed by atoms with E-state index in [0.717, 1.165) is 29.8 Å². The molecule has 0 saturated heterocycles. The lowest BCUT2D eigenvalue weighted by Crippen LogP contribution is -2.40. The van der Waals surface area contributed by atoms with Crippen LogP contribution in [0.15, 0.2) is 18.2 Å². The van der Waals surface area contributed by atoms with Gasteiger partial charge in [-0.3, -0.25) is 0 Å². The summed E-state index contributed by atoms with van der Waals surface area (Å²) in [7, 11) is 3.39. The molecule has 0 bridgehead atoms. The van der Waals surface area contributed by atoms with Gasteiger partial charge in [0.15, 0.2) is 0 Å². The van der Waals surface area contributed by atoms with Gasteiger partial charge in [0.2, 0.25) is 0 Å². The van der Waals surface area contributed by atoms with E-state index in [-0.39, 0.29) is 0 Å². The fourth-order valence-corrected chi connectivity index (χ4v) is 2.26. The van der Waals surface area contributed by atoms with Crippen LogP contribution in [0.2, 0.25) is 0 Å². The van der Waals surface area contributed by atoms with Gasteiger partial charge in [0.05, 0.1) is 13.2 Å². The zero-order valence-corrected chi connectivity index (χ0v) is 11.4. The van der Waals surface area contributed by atoms with Gasteiger partial charge in [0, 0.05) is 30.5 Å². The second-order valence-electron chi connectivity index (χ2n) is 4.45. The molecule has 1 saturated carbocycles. The Morgan fingerprint density at radius 3 is 2.67 bits per heavy atom. The summed E-state index contributed by atoms with van der Waals surface area (Å²) >= 11 is 5.05. The Morgan fingerprint density at radius 1 is 1.39 bits per heavy atom. The van der Waals surface area contributed by atoms with Crippen LogP contribution in [0.4, 0.5) is 5.69 Å². The van der Waals surface area contributed by atoms with Gasteiger partial charge in [0.1, 0.15) is 10.7 Å². The Morgan fingerprint density at radius 2 is 2.11 bits per heavy atom. The van der Waals surface area contributed by atoms with Gasteiger partial charge < -0.3 is 20.5 Å². The number of methoxy groups -OCH3 is 2. The molecular formula is C13H18N2O2S. The van der Waals surface area contributed by atoms with Crippen molar-refractivity contribution in [3.8, 4) is 5.75 Å². The molecule has 4 nitrogen and oxygen atoms in total. The number of benzene rings is 1. The third-order valence-electron chi connectivity index (χ3n) is 3.28. The Hall–Kier alpha value is -1.33. The standard InChI is InChI=1S/C13H18N2O2S/c1-16-9-3-4-11(13(14)18)12(7-9)15-8-5-10(6-8)17-2/h3-4,7-8,10,15H,5-6H2,1-2H3,(H2,14,18). The Kier molecular flexibility index (Phi) is 4.04. The SMILES string of the molecule is COc1ccc(C(N)=S)c(NC2CC(OC)C2)c1. The smallest absolute Gasteiger partial charge is 0.120 e. The Bertz CT molecular complexity index is 445. The van der Waals surface area contributed by atoms with Crippen molar-refractivity contribution >= 4 is 22.9 Å². The third kappa shape index (κ3) is 2.73. The number of anilines is 1. The zero-order chi connectivity index (χ0) is 13.1. The maximum absolute atomic E-state index is 5.72. The molecule has 18 heavy (non-hydrogen) atoms. The molecular weight excluding hydrogens is 248 g/mol. The van der Waals surface area contributed by atoms with Crippen LogP contribution >= 0.6 is 12.2 Å². The molecule has 0 atom stereocenters. The van der Waals surface area contributed by atoms with Gasteiger partial charge in [-0.15, -0.1) is 0 Å². The van der Waals surface area contributed by atoms with Crippen LogP contribution in [-0.2, 0) is 4.74 Å². The van der Waals surface area contributed by atoms with Gasteiger partial charge in [-0.05, 0) is 25.0 Å². The molecule has 0 heterocycles. The van der Waals surface area contributed by atoms with Gasteiger partial charge in [0.25, 0.3) is 0 Å². The average molecular weight is 266 g/mol. The minimum Gasteiger partial charge on any atom is -0.497 e. The van der Waals surface area contributed by atoms with E-state index in [4.69, 9.17) is 27.4 Å². The number of nitrogens with two attached hydrogens (primary N) is 1. The van der Waals surface area contributed by atoms with Gasteiger partial charge >= 0.3 is 0 Å². The highest BCUT2D eigenvalue weighted by atomic mass is 32.1. The van der Waals surface area contributed by atoms with Crippen molar-refractivity contribution in [1.29, 1.82) is 0 Å². The summed E-state index contributed by atoms with van der Waals surface area (Å²) in [6, 6.07) is 6.08. The van der Waals surface area contributed by atoms with Gasteiger partial charge in [-0.2, -0.15) is 0 Å². The van der Waals surface area contributed by atoms with Crippen molar-refractivity contribution in [1.82, 2.24) is 0 Å². The molecule has 1 aromatic carbocycles. The fourth-order valence-electron chi connectivity index (χ4n) is 2.08. The average Bonchev–Trinajstić information content (AvgIpc) is 2.32. The Balaban J connectivity index is 2.12. The molecule has 3 N–H and O–H groups in total. The zero-order valence-electron chi connectivity index (χ0n) is 10.6. The molecule has 0 unspecified atom stereocenters. The lowest BCUT2D eigenvalue weighted by Gasteiger charge is -2.35. The lowest BCUT2D eigenvalue weighted by atomic mass is 9.89. The molecule has 5 heteroatoms. The van der Waals surface area contributed by atoms with E-state index in [1.807, 2.05) is 18.2 Å². The molecule has 98 valence electrons. The minimum absolute atomic E-state index is 0.362. The van der Waals surface area contributed by atoms with Crippen LogP contribution in [0.1, 0.15) is 18.4 Å². The number of thiocarbonyl (C=S) groups is 1. The van der Waals surface area contributed by atoms with E-state index in [1.54, 1.807) is 14.2 Å². The maximum Gasteiger partial charge on any atom is 0.120 e. The van der Waals surface area contributed by atoms with Crippen molar-refractivity contribution in [3.05, 3.63) is 23.8 Å². The number of hydrogen-bond acceptors (Lipinski definition) is 4. The second kappa shape index (κ2) is 5.54. The van der Waals surface area contributed by atoms with Crippen molar-refractivity contribution in [2.45, 2.75) is 25.0 Å². The maximum atomic E-state index is 5.72. The summed E-state index contributed by atoms with van der Waals surface area (Å²) in [6.45, 7) is 0. The van der Waals surface area contributed by atoms with Crippen LogP contribution in [-0.4, -0.2) is 31.4 Å². The highest BCUT2D eigenvalue weighted by Crippen LogP contribution is 2.29. The molecule has 1 fully saturated rings. The van der Waals surface area contributed by atoms with E-state index in [2.05, 4.69) is 5.32 Å². The predicted molar refractivity (Wildman–Crippen MR) is 76.3 cm³/mol. The summed E-state index contributed by atoms with van der Waals surface area (Å²) in [4.78, 5) is 0.391. The first-order valence-corrected chi connectivity index (χ1v) is 6.32. The summed E-state index contributed by atoms with van der Waals surface area (Å²) in [5, 5.41) is 3.44. The fraction of sp³-hybridized carbons (Fsp3) is 0.462. The number of ether oxygens (including phenoxy) is 2. The predicted octanol–water partition coefficient (Wildman–Crippen LogP) is 1.92. The summed E-state index contributed by atoms with van der Waals surface area (Å²) in [5.74, 6) is 0.792. The third-order valence-corrected chi connectivity index (χ3v) is 3.50. The largest absolute Gasteiger partial charge is 0.497 e. The van der Waals surface area contributed by atoms with Crippen molar-refractivity contribution in [3.63, 3.8) is 0 Å². The highest BCUT2D eigenvalue weighted by molar-refractivity contribution is 7.80. The monoisotopic (exact) mass is 266 g/mol. The van der Waals surface area contributed by atoms with E-state index in [1.165, 1.54) is 0 Å². The van der Waals surface area contributed by atoms with Crippen LogP contribution in [0, 0.1) is 0 Å². The number of nitrogens with one attached hydrogen (secondary N) is 1. The molecule has 1 aliphatic rings. The van der Waals surface area contributed by atoms with Crippen molar-refractivity contribution < 1.29 is 9.47 Å². The summed E-state index contributed by atoms with van der Waals surface area (Å²) < 4.78 is 10.5. The summed E-state index contributed by atoms with van der Waals surface area (Å²) in [5.41, 5.74) is 7.51. The molecule has 0 spiro atoms. The first-order chi connectivity index (χ1) is 8.63. The molecule has 0 aliphatic heterocycles.